The first-order valence-electron chi connectivity index (χ1n) is 14.5. The molecule has 0 amide bonds. The Bertz CT molecular complexity index is 1340. The van der Waals surface area contributed by atoms with E-state index in [-0.39, 0.29) is 11.7 Å². The minimum absolute atomic E-state index is 0.212. The lowest BCUT2D eigenvalue weighted by molar-refractivity contribution is -0.115. The number of Topliss-reactive ketones (excluding diaryl/α,β-unsaturated/α-hetero) is 1. The van der Waals surface area contributed by atoms with E-state index in [4.69, 9.17) is 0 Å². The normalized spacial score (nSPS) is 27.6. The van der Waals surface area contributed by atoms with Crippen LogP contribution in [0.15, 0.2) is 137 Å². The molecule has 38 heavy (non-hydrogen) atoms. The average molecular weight is 499 g/mol. The summed E-state index contributed by atoms with van der Waals surface area (Å²) in [6.45, 7) is 4.20. The van der Waals surface area contributed by atoms with Crippen molar-refractivity contribution in [3.8, 4) is 0 Å². The van der Waals surface area contributed by atoms with Crippen LogP contribution in [0.5, 0.6) is 0 Å². The van der Waals surface area contributed by atoms with Gasteiger partial charge in [0, 0.05) is 23.8 Å². The van der Waals surface area contributed by atoms with Crippen LogP contribution in [0.1, 0.15) is 50.5 Å². The molecule has 0 radical (unpaired) electrons. The maximum absolute atomic E-state index is 13.0. The van der Waals surface area contributed by atoms with E-state index in [1.54, 1.807) is 0 Å². The third-order valence-electron chi connectivity index (χ3n) is 8.96. The van der Waals surface area contributed by atoms with E-state index < -0.39 is 0 Å². The van der Waals surface area contributed by atoms with Gasteiger partial charge >= 0.3 is 0 Å². The number of carbonyl (C=O) groups is 1. The minimum atomic E-state index is 0.212. The van der Waals surface area contributed by atoms with E-state index in [0.29, 0.717) is 12.3 Å². The zero-order chi connectivity index (χ0) is 25.9. The molecule has 0 spiro atoms. The number of fused-ring (bicyclic) bond motifs is 2. The predicted molar refractivity (Wildman–Crippen MR) is 158 cm³/mol. The molecule has 6 rings (SSSR count). The van der Waals surface area contributed by atoms with E-state index in [2.05, 4.69) is 91.6 Å². The van der Waals surface area contributed by atoms with Gasteiger partial charge in [0.25, 0.3) is 0 Å². The summed E-state index contributed by atoms with van der Waals surface area (Å²) in [5.74, 6) is 2.47. The largest absolute Gasteiger partial charge is 0.294 e. The van der Waals surface area contributed by atoms with Crippen LogP contribution in [0, 0.1) is 23.7 Å². The number of hydrogen-bond acceptors (Lipinski definition) is 1. The Labute approximate surface area is 228 Å². The third-order valence-corrected chi connectivity index (χ3v) is 8.96. The molecule has 2 atom stereocenters. The SMILES string of the molecule is C=C1C=C(C(=O)CCC2=CC3C=C(CC4CCC(Cc5ccccc5)CC4)C=CC3=C2)C=C2C=CC=CC12. The van der Waals surface area contributed by atoms with Gasteiger partial charge in [0.05, 0.1) is 0 Å². The molecule has 5 aliphatic rings. The molecule has 2 unspecified atom stereocenters. The Balaban J connectivity index is 0.997. The van der Waals surface area contributed by atoms with E-state index >= 15 is 0 Å². The lowest BCUT2D eigenvalue weighted by Crippen LogP contribution is -2.17. The highest BCUT2D eigenvalue weighted by Gasteiger charge is 2.25. The quantitative estimate of drug-likeness (QED) is 0.350. The Morgan fingerprint density at radius 3 is 2.37 bits per heavy atom. The predicted octanol–water partition coefficient (Wildman–Crippen LogP) is 8.92. The highest BCUT2D eigenvalue weighted by atomic mass is 16.1. The highest BCUT2D eigenvalue weighted by Crippen LogP contribution is 2.39. The smallest absolute Gasteiger partial charge is 0.163 e. The van der Waals surface area contributed by atoms with E-state index in [9.17, 15) is 4.79 Å². The van der Waals surface area contributed by atoms with Crippen molar-refractivity contribution in [3.63, 3.8) is 0 Å². The fourth-order valence-electron chi connectivity index (χ4n) is 6.80. The van der Waals surface area contributed by atoms with Crippen LogP contribution >= 0.6 is 0 Å². The Morgan fingerprint density at radius 1 is 0.789 bits per heavy atom. The van der Waals surface area contributed by atoms with Crippen LogP contribution in [0.4, 0.5) is 0 Å². The van der Waals surface area contributed by atoms with Crippen LogP contribution in [0.25, 0.3) is 0 Å². The molecule has 1 heteroatoms. The molecule has 0 heterocycles. The fraction of sp³-hybridized carbons (Fsp3) is 0.324. The number of carbonyl (C=O) groups excluding carboxylic acids is 1. The zero-order valence-corrected chi connectivity index (χ0v) is 22.3. The van der Waals surface area contributed by atoms with Crippen molar-refractivity contribution in [2.24, 2.45) is 23.7 Å². The van der Waals surface area contributed by atoms with Gasteiger partial charge < -0.3 is 0 Å². The maximum atomic E-state index is 13.0. The molecule has 1 fully saturated rings. The van der Waals surface area contributed by atoms with Gasteiger partial charge in [0.2, 0.25) is 0 Å². The van der Waals surface area contributed by atoms with Crippen LogP contribution in [0.3, 0.4) is 0 Å². The van der Waals surface area contributed by atoms with E-state index in [1.165, 1.54) is 66.4 Å². The molecule has 192 valence electrons. The monoisotopic (exact) mass is 498 g/mol. The summed E-state index contributed by atoms with van der Waals surface area (Å²) in [7, 11) is 0. The van der Waals surface area contributed by atoms with Gasteiger partial charge in [-0.3, -0.25) is 4.79 Å². The van der Waals surface area contributed by atoms with Gasteiger partial charge in [-0.2, -0.15) is 0 Å². The molecule has 0 aromatic heterocycles. The molecule has 1 saturated carbocycles. The highest BCUT2D eigenvalue weighted by molar-refractivity contribution is 5.99. The van der Waals surface area contributed by atoms with Crippen molar-refractivity contribution in [3.05, 3.63) is 143 Å². The molecule has 0 N–H and O–H groups in total. The first kappa shape index (κ1) is 24.9. The number of allylic oxidation sites excluding steroid dienone is 17. The summed E-state index contributed by atoms with van der Waals surface area (Å²) in [5, 5.41) is 0. The maximum Gasteiger partial charge on any atom is 0.163 e. The van der Waals surface area contributed by atoms with Gasteiger partial charge in [0.1, 0.15) is 0 Å². The van der Waals surface area contributed by atoms with Gasteiger partial charge in [-0.1, -0.05) is 103 Å². The first-order chi connectivity index (χ1) is 18.6. The van der Waals surface area contributed by atoms with Crippen molar-refractivity contribution in [2.45, 2.75) is 51.4 Å². The molecule has 1 aromatic carbocycles. The number of ketones is 1. The lowest BCUT2D eigenvalue weighted by Gasteiger charge is -2.29. The molecule has 5 aliphatic carbocycles. The number of rotatable bonds is 8. The van der Waals surface area contributed by atoms with Crippen molar-refractivity contribution in [2.75, 3.05) is 0 Å². The average Bonchev–Trinajstić information content (AvgIpc) is 3.36. The van der Waals surface area contributed by atoms with Gasteiger partial charge in [-0.05, 0) is 91.2 Å². The molecule has 0 bridgehead atoms. The van der Waals surface area contributed by atoms with Crippen molar-refractivity contribution in [1.29, 1.82) is 0 Å². The minimum Gasteiger partial charge on any atom is -0.294 e. The molecule has 1 aromatic rings. The number of hydrogen-bond donors (Lipinski definition) is 0. The van der Waals surface area contributed by atoms with Crippen LogP contribution in [-0.2, 0) is 11.2 Å². The van der Waals surface area contributed by atoms with Gasteiger partial charge in [-0.25, -0.2) is 0 Å². The van der Waals surface area contributed by atoms with Crippen molar-refractivity contribution < 1.29 is 4.79 Å². The third kappa shape index (κ3) is 5.68. The van der Waals surface area contributed by atoms with Crippen molar-refractivity contribution >= 4 is 5.78 Å². The summed E-state index contributed by atoms with van der Waals surface area (Å²) in [6, 6.07) is 11.0. The Kier molecular flexibility index (Phi) is 7.27. The Hall–Kier alpha value is -3.45. The molecular formula is C37H38O. The van der Waals surface area contributed by atoms with E-state index in [1.807, 2.05) is 12.2 Å². The molecule has 0 aliphatic heterocycles. The summed E-state index contributed by atoms with van der Waals surface area (Å²) >= 11 is 0. The van der Waals surface area contributed by atoms with Crippen LogP contribution in [0.2, 0.25) is 0 Å². The molecular weight excluding hydrogens is 460 g/mol. The second-order valence-corrected chi connectivity index (χ2v) is 11.7. The Morgan fingerprint density at radius 2 is 1.55 bits per heavy atom. The standard InChI is InChI=1S/C37H38O/c1-26-19-35(25-33-9-5-6-10-36(26)33)37(38)18-16-31-22-32-17-15-30(23-34(32)24-31)21-29-13-11-28(12-14-29)20-27-7-3-2-4-8-27/h2-10,15,17,19,22-25,28-29,34,36H,1,11-14,16,18,20-21H2. The number of benzene rings is 1. The topological polar surface area (TPSA) is 17.1 Å². The van der Waals surface area contributed by atoms with Crippen LogP contribution in [-0.4, -0.2) is 5.78 Å². The molecule has 1 nitrogen and oxygen atoms in total. The van der Waals surface area contributed by atoms with Gasteiger partial charge in [-0.15, -0.1) is 0 Å². The zero-order valence-electron chi connectivity index (χ0n) is 22.3. The molecule has 0 saturated heterocycles. The summed E-state index contributed by atoms with van der Waals surface area (Å²) in [4.78, 5) is 13.0. The van der Waals surface area contributed by atoms with Crippen LogP contribution < -0.4 is 0 Å². The second-order valence-electron chi connectivity index (χ2n) is 11.7. The summed E-state index contributed by atoms with van der Waals surface area (Å²) < 4.78 is 0. The fourth-order valence-corrected chi connectivity index (χ4v) is 6.80. The van der Waals surface area contributed by atoms with E-state index in [0.717, 1.165) is 29.4 Å². The van der Waals surface area contributed by atoms with Gasteiger partial charge in [0.15, 0.2) is 5.78 Å². The second kappa shape index (κ2) is 11.1. The first-order valence-corrected chi connectivity index (χ1v) is 14.5. The summed E-state index contributed by atoms with van der Waals surface area (Å²) in [5.41, 5.74) is 8.62. The van der Waals surface area contributed by atoms with Crippen molar-refractivity contribution in [1.82, 2.24) is 0 Å². The lowest BCUT2D eigenvalue weighted by atomic mass is 9.76. The summed E-state index contributed by atoms with van der Waals surface area (Å²) in [6.07, 6.45) is 33.4.